The molecule has 4 nitrogen and oxygen atoms in total. The number of amides is 2. The van der Waals surface area contributed by atoms with E-state index in [0.29, 0.717) is 0 Å². The van der Waals surface area contributed by atoms with Crippen molar-refractivity contribution in [2.75, 3.05) is 7.05 Å². The summed E-state index contributed by atoms with van der Waals surface area (Å²) in [6.07, 6.45) is 0. The van der Waals surface area contributed by atoms with Gasteiger partial charge in [-0.25, -0.2) is 9.69 Å². The van der Waals surface area contributed by atoms with E-state index in [-0.39, 0.29) is 4.90 Å². The maximum absolute atomic E-state index is 11.9. The molecule has 2 N–H and O–H groups in total. The number of carbonyl (C=O) groups is 1. The predicted molar refractivity (Wildman–Crippen MR) is 35.7 cm³/mol. The minimum Gasteiger partial charge on any atom is -0.341 e. The molecule has 0 aromatic carbocycles. The first-order valence-corrected chi connectivity index (χ1v) is 2.85. The van der Waals surface area contributed by atoms with Gasteiger partial charge in [0.2, 0.25) is 0 Å². The second kappa shape index (κ2) is 3.85. The van der Waals surface area contributed by atoms with E-state index in [2.05, 4.69) is 0 Å². The van der Waals surface area contributed by atoms with Crippen LogP contribution >= 0.6 is 0 Å². The summed E-state index contributed by atoms with van der Waals surface area (Å²) in [5.41, 5.74) is 0. The molecule has 0 bridgehead atoms. The molecule has 0 unspecified atom stereocenters. The molecule has 0 aliphatic carbocycles. The van der Waals surface area contributed by atoms with Gasteiger partial charge in [-0.1, -0.05) is 0 Å². The standard InChI is InChI=1S/C5H9F2N3O/c1-3(8)10(4(6)7)5(11)9-2/h4,8H,1-2H3,(H,9,11). The Morgan fingerprint density at radius 1 is 1.64 bits per heavy atom. The molecule has 0 heterocycles. The Labute approximate surface area is 62.7 Å². The zero-order valence-electron chi connectivity index (χ0n) is 6.19. The van der Waals surface area contributed by atoms with Gasteiger partial charge < -0.3 is 5.32 Å². The lowest BCUT2D eigenvalue weighted by molar-refractivity contribution is 0.0428. The van der Waals surface area contributed by atoms with Gasteiger partial charge >= 0.3 is 12.6 Å². The molecule has 0 aliphatic heterocycles. The average molecular weight is 165 g/mol. The van der Waals surface area contributed by atoms with Crippen molar-refractivity contribution in [2.45, 2.75) is 13.5 Å². The fourth-order valence-electron chi connectivity index (χ4n) is 0.508. The lowest BCUT2D eigenvalue weighted by atomic mass is 10.6. The van der Waals surface area contributed by atoms with Crippen molar-refractivity contribution in [2.24, 2.45) is 0 Å². The third-order valence-electron chi connectivity index (χ3n) is 0.989. The van der Waals surface area contributed by atoms with Gasteiger partial charge in [-0.15, -0.1) is 0 Å². The second-order valence-corrected chi connectivity index (χ2v) is 1.79. The molecule has 64 valence electrons. The van der Waals surface area contributed by atoms with Gasteiger partial charge in [-0.2, -0.15) is 8.78 Å². The van der Waals surface area contributed by atoms with E-state index in [1.54, 1.807) is 0 Å². The molecule has 0 atom stereocenters. The van der Waals surface area contributed by atoms with Crippen LogP contribution in [0.3, 0.4) is 0 Å². The molecule has 0 rings (SSSR count). The molecule has 0 aromatic rings. The first kappa shape index (κ1) is 9.80. The van der Waals surface area contributed by atoms with Gasteiger partial charge in [-0.05, 0) is 6.92 Å². The number of nitrogens with one attached hydrogen (secondary N) is 2. The minimum absolute atomic E-state index is 0.0556. The normalized spacial score (nSPS) is 9.55. The molecule has 0 aliphatic rings. The monoisotopic (exact) mass is 165 g/mol. The number of hydrogen-bond acceptors (Lipinski definition) is 2. The molecule has 0 saturated carbocycles. The van der Waals surface area contributed by atoms with Crippen LogP contribution in [0.1, 0.15) is 6.92 Å². The summed E-state index contributed by atoms with van der Waals surface area (Å²) in [5.74, 6) is -0.487. The van der Waals surface area contributed by atoms with Crippen LogP contribution in [0.2, 0.25) is 0 Å². The third-order valence-corrected chi connectivity index (χ3v) is 0.989. The van der Waals surface area contributed by atoms with E-state index >= 15 is 0 Å². The number of nitrogens with zero attached hydrogens (tertiary/aromatic N) is 1. The summed E-state index contributed by atoms with van der Waals surface area (Å²) in [6, 6.07) is -0.979. The zero-order chi connectivity index (χ0) is 9.02. The number of amidine groups is 1. The quantitative estimate of drug-likeness (QED) is 0.337. The van der Waals surface area contributed by atoms with Crippen LogP contribution < -0.4 is 5.32 Å². The third kappa shape index (κ3) is 2.48. The SMILES string of the molecule is CNC(=O)N(C(C)=N)C(F)F. The van der Waals surface area contributed by atoms with Crippen molar-refractivity contribution in [3.8, 4) is 0 Å². The Balaban J connectivity index is 4.34. The molecule has 0 saturated heterocycles. The summed E-state index contributed by atoms with van der Waals surface area (Å²) in [5, 5.41) is 8.79. The number of alkyl halides is 2. The zero-order valence-corrected chi connectivity index (χ0v) is 6.19. The van der Waals surface area contributed by atoms with E-state index in [4.69, 9.17) is 5.41 Å². The summed E-state index contributed by atoms with van der Waals surface area (Å²) < 4.78 is 23.8. The van der Waals surface area contributed by atoms with Crippen LogP contribution in [0.15, 0.2) is 0 Å². The van der Waals surface area contributed by atoms with Crippen LogP contribution in [0.5, 0.6) is 0 Å². The van der Waals surface area contributed by atoms with Crippen LogP contribution in [0.25, 0.3) is 0 Å². The van der Waals surface area contributed by atoms with Crippen LogP contribution in [0, 0.1) is 5.41 Å². The van der Waals surface area contributed by atoms with Gasteiger partial charge in [0.25, 0.3) is 0 Å². The van der Waals surface area contributed by atoms with E-state index in [1.807, 2.05) is 5.32 Å². The van der Waals surface area contributed by atoms with E-state index in [9.17, 15) is 13.6 Å². The number of rotatable bonds is 1. The Morgan fingerprint density at radius 3 is 2.18 bits per heavy atom. The first-order chi connectivity index (χ1) is 5.00. The topological polar surface area (TPSA) is 56.2 Å². The fourth-order valence-corrected chi connectivity index (χ4v) is 0.508. The van der Waals surface area contributed by atoms with E-state index < -0.39 is 18.4 Å². The molecule has 6 heteroatoms. The Morgan fingerprint density at radius 2 is 2.09 bits per heavy atom. The van der Waals surface area contributed by atoms with Crippen LogP contribution in [0.4, 0.5) is 13.6 Å². The number of carbonyl (C=O) groups excluding carboxylic acids is 1. The van der Waals surface area contributed by atoms with Crippen molar-refractivity contribution in [1.82, 2.24) is 10.2 Å². The summed E-state index contributed by atoms with van der Waals surface area (Å²) in [7, 11) is 1.22. The Kier molecular flexibility index (Phi) is 3.43. The average Bonchev–Trinajstić information content (AvgIpc) is 1.85. The summed E-state index contributed by atoms with van der Waals surface area (Å²) in [4.78, 5) is 10.6. The molecular weight excluding hydrogens is 156 g/mol. The molecule has 0 spiro atoms. The van der Waals surface area contributed by atoms with Gasteiger partial charge in [0.05, 0.1) is 0 Å². The molecule has 11 heavy (non-hydrogen) atoms. The molecule has 2 amide bonds. The Bertz CT molecular complexity index is 171. The molecule has 0 radical (unpaired) electrons. The molecular formula is C5H9F2N3O. The largest absolute Gasteiger partial charge is 0.341 e. The lowest BCUT2D eigenvalue weighted by Crippen LogP contribution is -2.44. The summed E-state index contributed by atoms with van der Waals surface area (Å²) >= 11 is 0. The fraction of sp³-hybridized carbons (Fsp3) is 0.600. The highest BCUT2D eigenvalue weighted by Gasteiger charge is 2.22. The van der Waals surface area contributed by atoms with Crippen molar-refractivity contribution in [3.05, 3.63) is 0 Å². The van der Waals surface area contributed by atoms with Crippen LogP contribution in [-0.2, 0) is 0 Å². The predicted octanol–water partition coefficient (Wildman–Crippen LogP) is 0.848. The smallest absolute Gasteiger partial charge is 0.327 e. The second-order valence-electron chi connectivity index (χ2n) is 1.79. The summed E-state index contributed by atoms with van der Waals surface area (Å²) in [6.45, 7) is -1.85. The van der Waals surface area contributed by atoms with Crippen molar-refractivity contribution >= 4 is 11.9 Å². The van der Waals surface area contributed by atoms with Gasteiger partial charge in [0, 0.05) is 7.05 Å². The van der Waals surface area contributed by atoms with E-state index in [0.717, 1.165) is 6.92 Å². The highest BCUT2D eigenvalue weighted by Crippen LogP contribution is 2.03. The maximum atomic E-state index is 11.9. The molecule has 0 fully saturated rings. The highest BCUT2D eigenvalue weighted by molar-refractivity contribution is 5.94. The van der Waals surface area contributed by atoms with Crippen molar-refractivity contribution < 1.29 is 13.6 Å². The van der Waals surface area contributed by atoms with Gasteiger partial charge in [-0.3, -0.25) is 5.41 Å². The number of hydrogen-bond donors (Lipinski definition) is 2. The van der Waals surface area contributed by atoms with Crippen molar-refractivity contribution in [3.63, 3.8) is 0 Å². The van der Waals surface area contributed by atoms with Gasteiger partial charge in [0.15, 0.2) is 0 Å². The highest BCUT2D eigenvalue weighted by atomic mass is 19.3. The van der Waals surface area contributed by atoms with Gasteiger partial charge in [0.1, 0.15) is 5.84 Å². The van der Waals surface area contributed by atoms with E-state index in [1.165, 1.54) is 7.05 Å². The Hall–Kier alpha value is -1.20. The first-order valence-electron chi connectivity index (χ1n) is 2.85. The minimum atomic E-state index is -2.97. The number of halogens is 2. The molecule has 0 aromatic heterocycles. The van der Waals surface area contributed by atoms with Crippen molar-refractivity contribution in [1.29, 1.82) is 5.41 Å². The number of urea groups is 1. The van der Waals surface area contributed by atoms with Crippen LogP contribution in [-0.4, -0.2) is 30.4 Å². The lowest BCUT2D eigenvalue weighted by Gasteiger charge is -2.18. The maximum Gasteiger partial charge on any atom is 0.327 e.